The normalized spacial score (nSPS) is 24.6. The Hall–Kier alpha value is -0.770. The van der Waals surface area contributed by atoms with Crippen LogP contribution in [0.1, 0.15) is 51.4 Å². The maximum Gasteiger partial charge on any atom is 0.407 e. The molecule has 0 aromatic carbocycles. The van der Waals surface area contributed by atoms with Gasteiger partial charge in [0.05, 0.1) is 5.54 Å². The second-order valence-corrected chi connectivity index (χ2v) is 5.27. The van der Waals surface area contributed by atoms with E-state index in [2.05, 4.69) is 5.32 Å². The number of hydrogen-bond acceptors (Lipinski definition) is 3. The van der Waals surface area contributed by atoms with E-state index in [-0.39, 0.29) is 11.6 Å². The van der Waals surface area contributed by atoms with E-state index in [9.17, 15) is 4.79 Å². The lowest BCUT2D eigenvalue weighted by Gasteiger charge is -2.23. The van der Waals surface area contributed by atoms with Crippen LogP contribution in [0, 0.1) is 0 Å². The smallest absolute Gasteiger partial charge is 0.407 e. The first kappa shape index (κ1) is 11.7. The van der Waals surface area contributed by atoms with Crippen molar-refractivity contribution < 1.29 is 9.53 Å². The van der Waals surface area contributed by atoms with Crippen LogP contribution in [0.3, 0.4) is 0 Å². The highest BCUT2D eigenvalue weighted by Gasteiger charge is 2.31. The van der Waals surface area contributed by atoms with Gasteiger partial charge in [0, 0.05) is 6.04 Å². The quantitative estimate of drug-likeness (QED) is 0.772. The molecule has 0 spiro atoms. The number of rotatable bonds is 3. The van der Waals surface area contributed by atoms with E-state index >= 15 is 0 Å². The Labute approximate surface area is 96.9 Å². The van der Waals surface area contributed by atoms with Crippen LogP contribution in [0.25, 0.3) is 0 Å². The minimum Gasteiger partial charge on any atom is -0.448 e. The topological polar surface area (TPSA) is 64.3 Å². The number of ether oxygens (including phenoxy) is 1. The molecule has 92 valence electrons. The molecule has 0 aliphatic heterocycles. The molecule has 0 aromatic heterocycles. The SMILES string of the molecule is NC1(COC(=O)NC2CCCC2)CCCC1. The van der Waals surface area contributed by atoms with Crippen LogP contribution in [0.4, 0.5) is 4.79 Å². The molecule has 2 aliphatic carbocycles. The van der Waals surface area contributed by atoms with Crippen molar-refractivity contribution in [1.82, 2.24) is 5.32 Å². The molecule has 0 unspecified atom stereocenters. The molecule has 1 amide bonds. The van der Waals surface area contributed by atoms with Gasteiger partial charge in [0.25, 0.3) is 0 Å². The third-order valence-electron chi connectivity index (χ3n) is 3.77. The maximum absolute atomic E-state index is 11.5. The average molecular weight is 226 g/mol. The predicted molar refractivity (Wildman–Crippen MR) is 62.1 cm³/mol. The van der Waals surface area contributed by atoms with Crippen molar-refractivity contribution >= 4 is 6.09 Å². The first-order chi connectivity index (χ1) is 7.68. The molecule has 0 atom stereocenters. The summed E-state index contributed by atoms with van der Waals surface area (Å²) >= 11 is 0. The third-order valence-corrected chi connectivity index (χ3v) is 3.77. The Morgan fingerprint density at radius 1 is 1.25 bits per heavy atom. The van der Waals surface area contributed by atoms with Gasteiger partial charge in [-0.1, -0.05) is 25.7 Å². The van der Waals surface area contributed by atoms with Crippen LogP contribution < -0.4 is 11.1 Å². The molecule has 0 heterocycles. The molecule has 0 radical (unpaired) electrons. The van der Waals surface area contributed by atoms with E-state index in [0.717, 1.165) is 38.5 Å². The van der Waals surface area contributed by atoms with Crippen LogP contribution in [0.2, 0.25) is 0 Å². The van der Waals surface area contributed by atoms with E-state index in [1.165, 1.54) is 12.8 Å². The van der Waals surface area contributed by atoms with Gasteiger partial charge in [-0.15, -0.1) is 0 Å². The van der Waals surface area contributed by atoms with Crippen LogP contribution in [-0.2, 0) is 4.74 Å². The summed E-state index contributed by atoms with van der Waals surface area (Å²) in [6.45, 7) is 0.367. The van der Waals surface area contributed by atoms with E-state index in [4.69, 9.17) is 10.5 Å². The summed E-state index contributed by atoms with van der Waals surface area (Å²) in [7, 11) is 0. The zero-order valence-electron chi connectivity index (χ0n) is 9.84. The highest BCUT2D eigenvalue weighted by molar-refractivity contribution is 5.67. The molecule has 4 nitrogen and oxygen atoms in total. The van der Waals surface area contributed by atoms with Gasteiger partial charge in [-0.2, -0.15) is 0 Å². The van der Waals surface area contributed by atoms with Gasteiger partial charge >= 0.3 is 6.09 Å². The van der Waals surface area contributed by atoms with Crippen LogP contribution in [0.5, 0.6) is 0 Å². The van der Waals surface area contributed by atoms with E-state index in [1.54, 1.807) is 0 Å². The molecule has 0 bridgehead atoms. The molecule has 3 N–H and O–H groups in total. The van der Waals surface area contributed by atoms with Gasteiger partial charge in [-0.3, -0.25) is 0 Å². The summed E-state index contributed by atoms with van der Waals surface area (Å²) < 4.78 is 5.22. The van der Waals surface area contributed by atoms with Gasteiger partial charge in [-0.25, -0.2) is 4.79 Å². The zero-order chi connectivity index (χ0) is 11.4. The van der Waals surface area contributed by atoms with Gasteiger partial charge in [-0.05, 0) is 25.7 Å². The minimum absolute atomic E-state index is 0.257. The van der Waals surface area contributed by atoms with Crippen molar-refractivity contribution in [2.75, 3.05) is 6.61 Å². The van der Waals surface area contributed by atoms with Crippen molar-refractivity contribution in [3.8, 4) is 0 Å². The van der Waals surface area contributed by atoms with E-state index in [1.807, 2.05) is 0 Å². The largest absolute Gasteiger partial charge is 0.448 e. The summed E-state index contributed by atoms with van der Waals surface area (Å²) in [5.41, 5.74) is 5.85. The summed E-state index contributed by atoms with van der Waals surface area (Å²) in [6.07, 6.45) is 8.58. The number of amides is 1. The van der Waals surface area contributed by atoms with Crippen molar-refractivity contribution in [3.05, 3.63) is 0 Å². The number of carbonyl (C=O) groups excluding carboxylic acids is 1. The Bertz CT molecular complexity index is 243. The number of nitrogens with one attached hydrogen (secondary N) is 1. The Morgan fingerprint density at radius 2 is 1.88 bits per heavy atom. The number of nitrogens with two attached hydrogens (primary N) is 1. The Morgan fingerprint density at radius 3 is 2.50 bits per heavy atom. The van der Waals surface area contributed by atoms with Crippen LogP contribution >= 0.6 is 0 Å². The fourth-order valence-electron chi connectivity index (χ4n) is 2.71. The molecular weight excluding hydrogens is 204 g/mol. The lowest BCUT2D eigenvalue weighted by atomic mass is 10.0. The summed E-state index contributed by atoms with van der Waals surface area (Å²) in [6, 6.07) is 0.324. The monoisotopic (exact) mass is 226 g/mol. The van der Waals surface area contributed by atoms with Crippen LogP contribution in [0.15, 0.2) is 0 Å². The molecular formula is C12H22N2O2. The number of alkyl carbamates (subject to hydrolysis) is 1. The Kier molecular flexibility index (Phi) is 3.69. The van der Waals surface area contributed by atoms with Gasteiger partial charge in [0.15, 0.2) is 0 Å². The van der Waals surface area contributed by atoms with Crippen molar-refractivity contribution in [2.24, 2.45) is 5.73 Å². The average Bonchev–Trinajstić information content (AvgIpc) is 2.88. The summed E-state index contributed by atoms with van der Waals surface area (Å²) in [5.74, 6) is 0. The molecule has 2 aliphatic rings. The first-order valence-corrected chi connectivity index (χ1v) is 6.40. The fourth-order valence-corrected chi connectivity index (χ4v) is 2.71. The third kappa shape index (κ3) is 3.11. The van der Waals surface area contributed by atoms with Crippen molar-refractivity contribution in [1.29, 1.82) is 0 Å². The van der Waals surface area contributed by atoms with Crippen molar-refractivity contribution in [3.63, 3.8) is 0 Å². The van der Waals surface area contributed by atoms with E-state index < -0.39 is 0 Å². The van der Waals surface area contributed by atoms with Gasteiger partial charge in [0.2, 0.25) is 0 Å². The van der Waals surface area contributed by atoms with Crippen molar-refractivity contribution in [2.45, 2.75) is 62.9 Å². The fraction of sp³-hybridized carbons (Fsp3) is 0.917. The molecule has 2 rings (SSSR count). The molecule has 4 heteroatoms. The lowest BCUT2D eigenvalue weighted by molar-refractivity contribution is 0.114. The first-order valence-electron chi connectivity index (χ1n) is 6.40. The van der Waals surface area contributed by atoms with Crippen LogP contribution in [-0.4, -0.2) is 24.3 Å². The highest BCUT2D eigenvalue weighted by atomic mass is 16.5. The zero-order valence-corrected chi connectivity index (χ0v) is 9.84. The maximum atomic E-state index is 11.5. The number of carbonyl (C=O) groups is 1. The summed E-state index contributed by atoms with van der Waals surface area (Å²) in [5, 5.41) is 2.90. The second kappa shape index (κ2) is 5.04. The number of hydrogen-bond donors (Lipinski definition) is 2. The minimum atomic E-state index is -0.288. The summed E-state index contributed by atoms with van der Waals surface area (Å²) in [4.78, 5) is 11.5. The molecule has 16 heavy (non-hydrogen) atoms. The highest BCUT2D eigenvalue weighted by Crippen LogP contribution is 2.27. The second-order valence-electron chi connectivity index (χ2n) is 5.27. The van der Waals surface area contributed by atoms with Gasteiger partial charge in [0.1, 0.15) is 6.61 Å². The molecule has 0 aromatic rings. The Balaban J connectivity index is 1.66. The molecule has 0 saturated heterocycles. The standard InChI is InChI=1S/C12H22N2O2/c13-12(7-3-4-8-12)9-16-11(15)14-10-5-1-2-6-10/h10H,1-9,13H2,(H,14,15). The lowest BCUT2D eigenvalue weighted by Crippen LogP contribution is -2.44. The van der Waals surface area contributed by atoms with Gasteiger partial charge < -0.3 is 15.8 Å². The predicted octanol–water partition coefficient (Wildman–Crippen LogP) is 1.93. The molecule has 2 saturated carbocycles. The molecule has 2 fully saturated rings. The van der Waals surface area contributed by atoms with E-state index in [0.29, 0.717) is 12.6 Å².